The third-order valence-corrected chi connectivity index (χ3v) is 19.3. The van der Waals surface area contributed by atoms with E-state index in [-0.39, 0.29) is 44.2 Å². The predicted octanol–water partition coefficient (Wildman–Crippen LogP) is 22.0. The van der Waals surface area contributed by atoms with Crippen LogP contribution in [0.2, 0.25) is 0 Å². The van der Waals surface area contributed by atoms with Crippen LogP contribution in [0.4, 0.5) is 26.7 Å². The van der Waals surface area contributed by atoms with Crippen LogP contribution in [0.3, 0.4) is 0 Å². The lowest BCUT2D eigenvalue weighted by Crippen LogP contribution is -2.34. The first-order chi connectivity index (χ1) is 51.8. The van der Waals surface area contributed by atoms with Gasteiger partial charge in [0.15, 0.2) is 0 Å². The van der Waals surface area contributed by atoms with Crippen LogP contribution < -0.4 is 48.7 Å². The third-order valence-electron chi connectivity index (χ3n) is 19.3. The molecule has 3 aliphatic heterocycles. The lowest BCUT2D eigenvalue weighted by atomic mass is 9.92. The molecule has 0 saturated heterocycles. The van der Waals surface area contributed by atoms with Gasteiger partial charge in [-0.3, -0.25) is 10.2 Å². The number of carbonyl (C=O) groups excluding carboxylic acids is 2. The largest absolute Gasteiger partial charge is 0.497 e. The lowest BCUT2D eigenvalue weighted by molar-refractivity contribution is 0.127. The average Bonchev–Trinajstić information content (AvgIpc) is 0.790. The molecule has 0 bridgehead atoms. The number of nitrogens with zero attached hydrogens (tertiary/aromatic N) is 1. The second kappa shape index (κ2) is 39.4. The summed E-state index contributed by atoms with van der Waals surface area (Å²) in [7, 11) is 3.32. The maximum atomic E-state index is 13.7. The quantitative estimate of drug-likeness (QED) is 0.0498. The average molecular weight is 1500 g/mol. The van der Waals surface area contributed by atoms with Gasteiger partial charge in [-0.05, 0) is 253 Å². The second-order valence-corrected chi connectivity index (χ2v) is 27.8. The lowest BCUT2D eigenvalue weighted by Gasteiger charge is -2.33. The molecule has 109 heavy (non-hydrogen) atoms. The molecule has 5 unspecified atom stereocenters. The molecule has 0 spiro atoms. The predicted molar refractivity (Wildman–Crippen MR) is 453 cm³/mol. The SMILES string of the molecule is CCOc1ccc(COC(=O)N(Cc2ccc(OC)cc2)c2cc3c(cc2C)OC(C)(CCc2ccccc2)C=C3)cc1.CCOc1ccc(COC(=O)Nc2cc3c(cc2C)OC(C)(CCc2ccccc2)C=C3)cc1.COc1ccc(CNc2cc3c(cc2C)OC(C)(CCc2ccccc2)C=C3)cc1.P.P. The fraction of sp³-hybridized carbons (Fsp3) is 0.269. The van der Waals surface area contributed by atoms with Crippen molar-refractivity contribution in [3.63, 3.8) is 0 Å². The summed E-state index contributed by atoms with van der Waals surface area (Å²) in [5.41, 5.74) is 15.4. The molecule has 0 aromatic heterocycles. The van der Waals surface area contributed by atoms with Gasteiger partial charge >= 0.3 is 12.2 Å². The van der Waals surface area contributed by atoms with Gasteiger partial charge in [-0.25, -0.2) is 9.59 Å². The summed E-state index contributed by atoms with van der Waals surface area (Å²) in [5, 5.41) is 6.41. The second-order valence-electron chi connectivity index (χ2n) is 27.8. The Hall–Kier alpha value is -10.8. The van der Waals surface area contributed by atoms with E-state index in [0.29, 0.717) is 25.4 Å². The van der Waals surface area contributed by atoms with Crippen molar-refractivity contribution in [3.8, 4) is 40.2 Å². The van der Waals surface area contributed by atoms with Gasteiger partial charge in [-0.1, -0.05) is 158 Å². The number of ether oxygens (including phenoxy) is 9. The molecule has 2 amide bonds. The van der Waals surface area contributed by atoms with Crippen LogP contribution in [-0.4, -0.2) is 56.4 Å². The molecule has 10 aromatic rings. The summed E-state index contributed by atoms with van der Waals surface area (Å²) in [4.78, 5) is 27.7. The van der Waals surface area contributed by atoms with E-state index in [0.717, 1.165) is 141 Å². The molecule has 5 atom stereocenters. The van der Waals surface area contributed by atoms with Gasteiger partial charge in [0.25, 0.3) is 0 Å². The van der Waals surface area contributed by atoms with Gasteiger partial charge in [-0.15, -0.1) is 0 Å². The van der Waals surface area contributed by atoms with E-state index in [9.17, 15) is 9.59 Å². The van der Waals surface area contributed by atoms with E-state index in [1.165, 1.54) is 27.8 Å². The molecule has 2 N–H and O–H groups in total. The van der Waals surface area contributed by atoms with Crippen molar-refractivity contribution in [2.24, 2.45) is 0 Å². The standard InChI is InChI=1S/C37H39NO5.C29H31NO4.C27H29NO2.2H3P/c1-5-41-33-17-13-30(14-18-33)26-42-36(39)38(25-29-11-15-32(40-4)16-12-29)34-24-31-20-22-37(3,43-35(31)23-27(34)2)21-19-28-9-7-6-8-10-28;1-4-32-25-12-10-23(11-13-25)20-33-28(31)30-26-19-24-15-17-29(3,34-27(24)18-21(26)2)16-14-22-8-6-5-7-9-22;1-20-17-26-23(18-25(20)28-19-22-9-11-24(29-3)12-10-22)14-16-27(2,30-26)15-13-21-7-5-4-6-8-21;;/h6-18,20,22-24H,5,19,21,25-26H2,1-4H3;5-13,15,17-19H,4,14,16,20H2,1-3H3,(H,30,31);4-12,14,16-18,28H,13,15,19H2,1-3H3;2*1H3. The summed E-state index contributed by atoms with van der Waals surface area (Å²) < 4.78 is 52.1. The maximum Gasteiger partial charge on any atom is 0.414 e. The minimum absolute atomic E-state index is 0. The van der Waals surface area contributed by atoms with Gasteiger partial charge in [0, 0.05) is 34.6 Å². The molecule has 3 heterocycles. The van der Waals surface area contributed by atoms with Crippen molar-refractivity contribution in [1.82, 2.24) is 0 Å². The molecule has 14 nitrogen and oxygen atoms in total. The number of nitrogens with one attached hydrogen (secondary N) is 2. The number of anilines is 3. The van der Waals surface area contributed by atoms with E-state index in [1.807, 2.05) is 149 Å². The van der Waals surface area contributed by atoms with Gasteiger partial charge in [0.05, 0.1) is 39.7 Å². The van der Waals surface area contributed by atoms with Gasteiger partial charge in [0.1, 0.15) is 70.3 Å². The van der Waals surface area contributed by atoms with E-state index in [4.69, 9.17) is 42.6 Å². The highest BCUT2D eigenvalue weighted by Gasteiger charge is 2.32. The number of methoxy groups -OCH3 is 2. The summed E-state index contributed by atoms with van der Waals surface area (Å²) in [5.74, 6) is 5.81. The highest BCUT2D eigenvalue weighted by molar-refractivity contribution is 6.92. The summed E-state index contributed by atoms with van der Waals surface area (Å²) >= 11 is 0. The van der Waals surface area contributed by atoms with E-state index in [2.05, 4.69) is 178 Å². The van der Waals surface area contributed by atoms with Crippen molar-refractivity contribution in [2.75, 3.05) is 43.0 Å². The Balaban J connectivity index is 0.000000190. The third kappa shape index (κ3) is 23.6. The van der Waals surface area contributed by atoms with Crippen molar-refractivity contribution in [3.05, 3.63) is 315 Å². The smallest absolute Gasteiger partial charge is 0.414 e. The molecule has 0 radical (unpaired) electrons. The summed E-state index contributed by atoms with van der Waals surface area (Å²) in [6.45, 7) is 19.0. The minimum atomic E-state index is -0.495. The normalized spacial score (nSPS) is 15.8. The Morgan fingerprint density at radius 2 is 0.780 bits per heavy atom. The molecule has 3 aliphatic rings. The van der Waals surface area contributed by atoms with E-state index in [1.54, 1.807) is 19.1 Å². The molecule has 10 aromatic carbocycles. The molecule has 568 valence electrons. The number of fused-ring (bicyclic) bond motifs is 3. The molecule has 13 rings (SSSR count). The van der Waals surface area contributed by atoms with Crippen LogP contribution in [0.25, 0.3) is 18.2 Å². The van der Waals surface area contributed by atoms with Gasteiger partial charge in [0.2, 0.25) is 0 Å². The number of benzene rings is 10. The van der Waals surface area contributed by atoms with Crippen LogP contribution in [0, 0.1) is 20.8 Å². The Kier molecular flexibility index (Phi) is 29.7. The number of hydrogen-bond donors (Lipinski definition) is 2. The van der Waals surface area contributed by atoms with Crippen molar-refractivity contribution >= 4 is 67.3 Å². The first-order valence-electron chi connectivity index (χ1n) is 36.9. The topological polar surface area (TPSA) is 145 Å². The Morgan fingerprint density at radius 1 is 0.413 bits per heavy atom. The maximum absolute atomic E-state index is 13.7. The van der Waals surface area contributed by atoms with Crippen LogP contribution in [0.5, 0.6) is 40.2 Å². The monoisotopic (exact) mass is 1500 g/mol. The Morgan fingerprint density at radius 3 is 1.20 bits per heavy atom. The zero-order valence-corrected chi connectivity index (χ0v) is 67.5. The first kappa shape index (κ1) is 82.3. The summed E-state index contributed by atoms with van der Waals surface area (Å²) in [6, 6.07) is 74.7. The van der Waals surface area contributed by atoms with Gasteiger partial charge < -0.3 is 47.9 Å². The number of amides is 2. The molecular formula is C93H105N3O11P2. The molecule has 0 saturated carbocycles. The number of rotatable bonds is 26. The fourth-order valence-electron chi connectivity index (χ4n) is 12.8. The highest BCUT2D eigenvalue weighted by atomic mass is 31.0. The van der Waals surface area contributed by atoms with Crippen molar-refractivity contribution < 1.29 is 52.2 Å². The van der Waals surface area contributed by atoms with Crippen LogP contribution in [-0.2, 0) is 55.0 Å². The van der Waals surface area contributed by atoms with Gasteiger partial charge in [-0.2, -0.15) is 19.8 Å². The minimum Gasteiger partial charge on any atom is -0.497 e. The van der Waals surface area contributed by atoms with Crippen molar-refractivity contribution in [1.29, 1.82) is 0 Å². The number of aryl methyl sites for hydroxylation is 6. The van der Waals surface area contributed by atoms with Crippen molar-refractivity contribution in [2.45, 2.75) is 137 Å². The van der Waals surface area contributed by atoms with Crippen LogP contribution >= 0.6 is 19.8 Å². The highest BCUT2D eigenvalue weighted by Crippen LogP contribution is 2.41. The molecular weight excluding hydrogens is 1400 g/mol. The Bertz CT molecular complexity index is 4680. The fourth-order valence-corrected chi connectivity index (χ4v) is 12.8. The van der Waals surface area contributed by atoms with Crippen LogP contribution in [0.1, 0.15) is 126 Å². The van der Waals surface area contributed by atoms with E-state index >= 15 is 0 Å². The number of carbonyl (C=O) groups is 2. The molecule has 0 fully saturated rings. The first-order valence-corrected chi connectivity index (χ1v) is 36.9. The number of hydrogen-bond acceptors (Lipinski definition) is 12. The zero-order valence-electron chi connectivity index (χ0n) is 64.7. The summed E-state index contributed by atoms with van der Waals surface area (Å²) in [6.07, 6.45) is 17.4. The van der Waals surface area contributed by atoms with E-state index < -0.39 is 17.8 Å². The van der Waals surface area contributed by atoms with Crippen LogP contribution in [0.15, 0.2) is 243 Å². The zero-order chi connectivity index (χ0) is 75.2. The molecule has 16 heteroatoms. The Labute approximate surface area is 651 Å². The molecule has 0 aliphatic carbocycles.